The van der Waals surface area contributed by atoms with E-state index in [0.717, 1.165) is 55.5 Å². The van der Waals surface area contributed by atoms with Crippen LogP contribution in [0.1, 0.15) is 38.3 Å². The summed E-state index contributed by atoms with van der Waals surface area (Å²) in [4.78, 5) is 20.0. The van der Waals surface area contributed by atoms with E-state index in [4.69, 9.17) is 12.2 Å². The number of pyridine rings is 1. The molecule has 2 aromatic rings. The molecule has 0 atom stereocenters. The summed E-state index contributed by atoms with van der Waals surface area (Å²) in [7, 11) is 1.83. The van der Waals surface area contributed by atoms with Gasteiger partial charge in [0, 0.05) is 24.7 Å². The number of hydrogen-bond donors (Lipinski definition) is 2. The molecule has 0 saturated carbocycles. The maximum absolute atomic E-state index is 12.6. The van der Waals surface area contributed by atoms with Crippen molar-refractivity contribution in [3.63, 3.8) is 0 Å². The molecule has 0 fully saturated rings. The zero-order valence-electron chi connectivity index (χ0n) is 17.0. The van der Waals surface area contributed by atoms with Crippen molar-refractivity contribution < 1.29 is 0 Å². The molecule has 2 rings (SSSR count). The van der Waals surface area contributed by atoms with Crippen molar-refractivity contribution in [3.8, 4) is 0 Å². The number of aromatic amines is 1. The molecular weight excluding hydrogens is 356 g/mol. The SMILES string of the molecule is CCc1ccc2[nH]c(=O)c(CN(CCCN(CC)CC)C(=S)NC)cc2c1. The van der Waals surface area contributed by atoms with Gasteiger partial charge in [-0.2, -0.15) is 0 Å². The van der Waals surface area contributed by atoms with Gasteiger partial charge in [0.1, 0.15) is 0 Å². The van der Waals surface area contributed by atoms with Crippen molar-refractivity contribution in [2.45, 2.75) is 40.2 Å². The van der Waals surface area contributed by atoms with Crippen molar-refractivity contribution in [3.05, 3.63) is 45.7 Å². The summed E-state index contributed by atoms with van der Waals surface area (Å²) >= 11 is 5.48. The fraction of sp³-hybridized carbons (Fsp3) is 0.524. The Kier molecular flexibility index (Phi) is 8.25. The minimum atomic E-state index is -0.0422. The Balaban J connectivity index is 2.19. The van der Waals surface area contributed by atoms with Crippen LogP contribution >= 0.6 is 12.2 Å². The van der Waals surface area contributed by atoms with Gasteiger partial charge in [-0.3, -0.25) is 4.79 Å². The molecule has 0 aliphatic carbocycles. The summed E-state index contributed by atoms with van der Waals surface area (Å²) < 4.78 is 0. The Morgan fingerprint density at radius 3 is 2.52 bits per heavy atom. The van der Waals surface area contributed by atoms with Gasteiger partial charge in [-0.05, 0) is 73.8 Å². The second-order valence-corrected chi connectivity index (χ2v) is 7.14. The monoisotopic (exact) mass is 388 g/mol. The molecule has 2 N–H and O–H groups in total. The van der Waals surface area contributed by atoms with Crippen molar-refractivity contribution in [1.29, 1.82) is 0 Å². The van der Waals surface area contributed by atoms with E-state index in [1.54, 1.807) is 0 Å². The highest BCUT2D eigenvalue weighted by Gasteiger charge is 2.13. The first-order valence-corrected chi connectivity index (χ1v) is 10.3. The van der Waals surface area contributed by atoms with Gasteiger partial charge in [0.25, 0.3) is 5.56 Å². The zero-order valence-corrected chi connectivity index (χ0v) is 17.8. The van der Waals surface area contributed by atoms with Crippen LogP contribution < -0.4 is 10.9 Å². The molecule has 1 aromatic carbocycles. The van der Waals surface area contributed by atoms with Gasteiger partial charge in [-0.1, -0.05) is 26.8 Å². The average molecular weight is 389 g/mol. The van der Waals surface area contributed by atoms with Gasteiger partial charge in [-0.15, -0.1) is 0 Å². The van der Waals surface area contributed by atoms with E-state index in [2.05, 4.69) is 53.0 Å². The number of benzene rings is 1. The third-order valence-electron chi connectivity index (χ3n) is 5.05. The molecule has 0 aliphatic heterocycles. The molecule has 5 nitrogen and oxygen atoms in total. The van der Waals surface area contributed by atoms with Crippen LogP contribution in [0.25, 0.3) is 10.9 Å². The summed E-state index contributed by atoms with van der Waals surface area (Å²) in [5, 5.41) is 4.81. The summed E-state index contributed by atoms with van der Waals surface area (Å²) in [5.41, 5.74) is 2.85. The molecule has 0 amide bonds. The summed E-state index contributed by atoms with van der Waals surface area (Å²) in [6.07, 6.45) is 1.99. The standard InChI is InChI=1S/C21H32N4OS/c1-5-16-9-10-19-17(13-16)14-18(20(26)23-19)15-25(21(27)22-4)12-8-11-24(6-2)7-3/h9-10,13-14H,5-8,11-12,15H2,1-4H3,(H,22,27)(H,23,26). The highest BCUT2D eigenvalue weighted by molar-refractivity contribution is 7.80. The van der Waals surface area contributed by atoms with Crippen molar-refractivity contribution >= 4 is 28.2 Å². The van der Waals surface area contributed by atoms with Crippen LogP contribution in [0, 0.1) is 0 Å². The average Bonchev–Trinajstić information content (AvgIpc) is 2.69. The number of nitrogens with one attached hydrogen (secondary N) is 2. The van der Waals surface area contributed by atoms with Crippen LogP contribution in [-0.4, -0.2) is 53.1 Å². The number of H-pyrrole nitrogens is 1. The molecule has 148 valence electrons. The van der Waals surface area contributed by atoms with Gasteiger partial charge >= 0.3 is 0 Å². The minimum Gasteiger partial charge on any atom is -0.366 e. The number of fused-ring (bicyclic) bond motifs is 1. The van der Waals surface area contributed by atoms with Crippen LogP contribution in [0.2, 0.25) is 0 Å². The number of nitrogens with zero attached hydrogens (tertiary/aromatic N) is 2. The number of rotatable bonds is 9. The van der Waals surface area contributed by atoms with Gasteiger partial charge in [0.05, 0.1) is 6.54 Å². The first kappa shape index (κ1) is 21.4. The van der Waals surface area contributed by atoms with Crippen LogP contribution in [-0.2, 0) is 13.0 Å². The molecule has 6 heteroatoms. The lowest BCUT2D eigenvalue weighted by Gasteiger charge is -2.26. The van der Waals surface area contributed by atoms with Crippen molar-refractivity contribution in [2.75, 3.05) is 33.2 Å². The Labute approximate surface area is 167 Å². The van der Waals surface area contributed by atoms with E-state index in [1.165, 1.54) is 5.56 Å². The molecule has 0 saturated heterocycles. The topological polar surface area (TPSA) is 51.4 Å². The quantitative estimate of drug-likeness (QED) is 0.647. The Bertz CT molecular complexity index is 813. The van der Waals surface area contributed by atoms with Crippen LogP contribution in [0.3, 0.4) is 0 Å². The molecule has 0 unspecified atom stereocenters. The zero-order chi connectivity index (χ0) is 19.8. The van der Waals surface area contributed by atoms with E-state index in [9.17, 15) is 4.79 Å². The number of aryl methyl sites for hydroxylation is 1. The van der Waals surface area contributed by atoms with E-state index < -0.39 is 0 Å². The normalized spacial score (nSPS) is 11.1. The third kappa shape index (κ3) is 5.78. The molecule has 1 aromatic heterocycles. The minimum absolute atomic E-state index is 0.0422. The summed E-state index contributed by atoms with van der Waals surface area (Å²) in [5.74, 6) is 0. The van der Waals surface area contributed by atoms with Gasteiger partial charge in [-0.25, -0.2) is 0 Å². The molecule has 27 heavy (non-hydrogen) atoms. The lowest BCUT2D eigenvalue weighted by Crippen LogP contribution is -2.40. The fourth-order valence-corrected chi connectivity index (χ4v) is 3.44. The smallest absolute Gasteiger partial charge is 0.253 e. The molecule has 1 heterocycles. The fourth-order valence-electron chi connectivity index (χ4n) is 3.28. The van der Waals surface area contributed by atoms with Crippen molar-refractivity contribution in [1.82, 2.24) is 20.1 Å². The molecule has 0 spiro atoms. The Morgan fingerprint density at radius 2 is 1.89 bits per heavy atom. The molecule has 0 bridgehead atoms. The highest BCUT2D eigenvalue weighted by atomic mass is 32.1. The van der Waals surface area contributed by atoms with Crippen molar-refractivity contribution in [2.24, 2.45) is 0 Å². The van der Waals surface area contributed by atoms with Gasteiger partial charge in [0.15, 0.2) is 5.11 Å². The lowest BCUT2D eigenvalue weighted by molar-refractivity contribution is 0.279. The second-order valence-electron chi connectivity index (χ2n) is 6.76. The van der Waals surface area contributed by atoms with Gasteiger partial charge < -0.3 is 20.1 Å². The maximum atomic E-state index is 12.6. The van der Waals surface area contributed by atoms with E-state index >= 15 is 0 Å². The maximum Gasteiger partial charge on any atom is 0.253 e. The Hall–Kier alpha value is -1.92. The molecule has 0 radical (unpaired) electrons. The predicted octanol–water partition coefficient (Wildman–Crippen LogP) is 3.13. The first-order chi connectivity index (χ1) is 13.0. The third-order valence-corrected chi connectivity index (χ3v) is 5.52. The number of thiocarbonyl (C=S) groups is 1. The van der Waals surface area contributed by atoms with E-state index in [0.29, 0.717) is 11.7 Å². The second kappa shape index (κ2) is 10.4. The summed E-state index contributed by atoms with van der Waals surface area (Å²) in [6, 6.07) is 8.20. The first-order valence-electron chi connectivity index (χ1n) is 9.86. The highest BCUT2D eigenvalue weighted by Crippen LogP contribution is 2.15. The van der Waals surface area contributed by atoms with E-state index in [-0.39, 0.29) is 5.56 Å². The number of hydrogen-bond acceptors (Lipinski definition) is 3. The predicted molar refractivity (Wildman–Crippen MR) is 118 cm³/mol. The van der Waals surface area contributed by atoms with Crippen LogP contribution in [0.15, 0.2) is 29.1 Å². The summed E-state index contributed by atoms with van der Waals surface area (Å²) in [6.45, 7) is 11.0. The van der Waals surface area contributed by atoms with E-state index in [1.807, 2.05) is 19.2 Å². The van der Waals surface area contributed by atoms with Gasteiger partial charge in [0.2, 0.25) is 0 Å². The number of aromatic nitrogens is 1. The van der Waals surface area contributed by atoms with Crippen LogP contribution in [0.4, 0.5) is 0 Å². The van der Waals surface area contributed by atoms with Crippen LogP contribution in [0.5, 0.6) is 0 Å². The molecular formula is C21H32N4OS. The Morgan fingerprint density at radius 1 is 1.15 bits per heavy atom. The largest absolute Gasteiger partial charge is 0.366 e. The molecule has 0 aliphatic rings. The lowest BCUT2D eigenvalue weighted by atomic mass is 10.1.